The molecule has 6 nitrogen and oxygen atoms in total. The molecule has 0 saturated carbocycles. The molecule has 2 aromatic rings. The first-order valence-corrected chi connectivity index (χ1v) is 6.35. The molecule has 2 rings (SSSR count). The van der Waals surface area contributed by atoms with Crippen LogP contribution in [0, 0.1) is 0 Å². The predicted molar refractivity (Wildman–Crippen MR) is 68.9 cm³/mol. The van der Waals surface area contributed by atoms with Crippen LogP contribution in [-0.4, -0.2) is 31.1 Å². The van der Waals surface area contributed by atoms with Gasteiger partial charge in [-0.25, -0.2) is 4.98 Å². The number of aromatic nitrogens is 5. The van der Waals surface area contributed by atoms with E-state index < -0.39 is 0 Å². The third-order valence-corrected chi connectivity index (χ3v) is 2.72. The Morgan fingerprint density at radius 1 is 1.39 bits per heavy atom. The maximum atomic E-state index is 4.29. The van der Waals surface area contributed by atoms with Gasteiger partial charge in [0.2, 0.25) is 0 Å². The summed E-state index contributed by atoms with van der Waals surface area (Å²) in [5, 5.41) is 11.9. The quantitative estimate of drug-likeness (QED) is 0.735. The normalized spacial score (nSPS) is 11.0. The van der Waals surface area contributed by atoms with Crippen molar-refractivity contribution in [1.29, 1.82) is 0 Å². The summed E-state index contributed by atoms with van der Waals surface area (Å²) in [6.07, 6.45) is 5.54. The van der Waals surface area contributed by atoms with E-state index in [2.05, 4.69) is 33.5 Å². The highest BCUT2D eigenvalue weighted by Crippen LogP contribution is 1.99. The minimum absolute atomic E-state index is 0.840. The van der Waals surface area contributed by atoms with Crippen molar-refractivity contribution in [2.75, 3.05) is 6.54 Å². The summed E-state index contributed by atoms with van der Waals surface area (Å²) >= 11 is 0. The summed E-state index contributed by atoms with van der Waals surface area (Å²) in [7, 11) is 1.88. The van der Waals surface area contributed by atoms with Crippen molar-refractivity contribution in [3.63, 3.8) is 0 Å². The lowest BCUT2D eigenvalue weighted by Crippen LogP contribution is -2.19. The Morgan fingerprint density at radius 3 is 3.00 bits per heavy atom. The minimum atomic E-state index is 0.840. The van der Waals surface area contributed by atoms with E-state index in [4.69, 9.17) is 0 Å². The molecular weight excluding hydrogens is 228 g/mol. The lowest BCUT2D eigenvalue weighted by molar-refractivity contribution is 0.548. The van der Waals surface area contributed by atoms with Crippen LogP contribution in [0.4, 0.5) is 0 Å². The smallest absolute Gasteiger partial charge is 0.151 e. The second-order valence-electron chi connectivity index (χ2n) is 4.31. The van der Waals surface area contributed by atoms with Crippen LogP contribution < -0.4 is 5.32 Å². The van der Waals surface area contributed by atoms with E-state index in [0.29, 0.717) is 0 Å². The molecule has 98 valence electrons. The van der Waals surface area contributed by atoms with E-state index in [0.717, 1.165) is 38.3 Å². The largest absolute Gasteiger partial charge is 0.311 e. The van der Waals surface area contributed by atoms with Crippen LogP contribution in [0.2, 0.25) is 0 Å². The molecule has 6 heteroatoms. The van der Waals surface area contributed by atoms with E-state index in [1.165, 1.54) is 5.69 Å². The van der Waals surface area contributed by atoms with Gasteiger partial charge in [-0.3, -0.25) is 9.36 Å². The van der Waals surface area contributed by atoms with E-state index in [1.807, 2.05) is 17.9 Å². The Labute approximate surface area is 107 Å². The molecule has 0 bridgehead atoms. The molecule has 0 aromatic carbocycles. The van der Waals surface area contributed by atoms with Crippen molar-refractivity contribution < 1.29 is 0 Å². The molecule has 0 radical (unpaired) electrons. The molecule has 0 aliphatic heterocycles. The zero-order chi connectivity index (χ0) is 12.8. The number of nitrogens with one attached hydrogen (secondary N) is 1. The highest BCUT2D eigenvalue weighted by atomic mass is 15.3. The van der Waals surface area contributed by atoms with Crippen LogP contribution in [0.1, 0.15) is 24.9 Å². The molecule has 0 aliphatic carbocycles. The fourth-order valence-electron chi connectivity index (χ4n) is 1.84. The molecule has 0 unspecified atom stereocenters. The Balaban J connectivity index is 1.73. The Kier molecular flexibility index (Phi) is 4.46. The third kappa shape index (κ3) is 3.40. The fourth-order valence-corrected chi connectivity index (χ4v) is 1.84. The molecule has 0 atom stereocenters. The fraction of sp³-hybridized carbons (Fsp3) is 0.583. The molecule has 0 amide bonds. The first-order chi connectivity index (χ1) is 8.79. The maximum Gasteiger partial charge on any atom is 0.151 e. The highest BCUT2D eigenvalue weighted by molar-refractivity contribution is 5.00. The van der Waals surface area contributed by atoms with Crippen molar-refractivity contribution >= 4 is 0 Å². The first kappa shape index (κ1) is 12.8. The van der Waals surface area contributed by atoms with Gasteiger partial charge in [-0.1, -0.05) is 6.92 Å². The van der Waals surface area contributed by atoms with Crippen LogP contribution in [0.3, 0.4) is 0 Å². The van der Waals surface area contributed by atoms with Gasteiger partial charge in [0.25, 0.3) is 0 Å². The topological polar surface area (TPSA) is 60.6 Å². The molecule has 0 spiro atoms. The standard InChI is InChI=1S/C12H20N6/c1-3-8-18-11(4-7-15-18)9-13-6-5-12-14-10-17(2)16-12/h4,7,10,13H,3,5-6,8-9H2,1-2H3. The summed E-state index contributed by atoms with van der Waals surface area (Å²) in [6, 6.07) is 2.06. The lowest BCUT2D eigenvalue weighted by Gasteiger charge is -2.06. The number of aryl methyl sites for hydroxylation is 2. The van der Waals surface area contributed by atoms with Gasteiger partial charge in [-0.15, -0.1) is 0 Å². The number of rotatable bonds is 7. The zero-order valence-corrected chi connectivity index (χ0v) is 11.0. The summed E-state index contributed by atoms with van der Waals surface area (Å²) < 4.78 is 3.78. The SMILES string of the molecule is CCCn1nccc1CNCCc1ncn(C)n1. The Hall–Kier alpha value is -1.69. The van der Waals surface area contributed by atoms with E-state index in [9.17, 15) is 0 Å². The van der Waals surface area contributed by atoms with Crippen LogP contribution in [0.25, 0.3) is 0 Å². The van der Waals surface area contributed by atoms with E-state index >= 15 is 0 Å². The second-order valence-corrected chi connectivity index (χ2v) is 4.31. The van der Waals surface area contributed by atoms with Gasteiger partial charge in [-0.2, -0.15) is 10.2 Å². The summed E-state index contributed by atoms with van der Waals surface area (Å²) in [5.74, 6) is 0.882. The molecular formula is C12H20N6. The number of nitrogens with zero attached hydrogens (tertiary/aromatic N) is 5. The molecule has 1 N–H and O–H groups in total. The predicted octanol–water partition coefficient (Wildman–Crippen LogP) is 0.754. The van der Waals surface area contributed by atoms with Crippen LogP contribution in [0.15, 0.2) is 18.6 Å². The summed E-state index contributed by atoms with van der Waals surface area (Å²) in [4.78, 5) is 4.19. The van der Waals surface area contributed by atoms with Crippen LogP contribution in [0.5, 0.6) is 0 Å². The molecule has 0 fully saturated rings. The number of hydrogen-bond acceptors (Lipinski definition) is 4. The van der Waals surface area contributed by atoms with Gasteiger partial charge in [0, 0.05) is 39.3 Å². The van der Waals surface area contributed by atoms with Gasteiger partial charge < -0.3 is 5.32 Å². The molecule has 18 heavy (non-hydrogen) atoms. The summed E-state index contributed by atoms with van der Waals surface area (Å²) in [5.41, 5.74) is 1.23. The minimum Gasteiger partial charge on any atom is -0.311 e. The van der Waals surface area contributed by atoms with Gasteiger partial charge in [0.1, 0.15) is 6.33 Å². The maximum absolute atomic E-state index is 4.29. The van der Waals surface area contributed by atoms with E-state index in [-0.39, 0.29) is 0 Å². The van der Waals surface area contributed by atoms with Crippen molar-refractivity contribution in [2.24, 2.45) is 7.05 Å². The van der Waals surface area contributed by atoms with E-state index in [1.54, 1.807) is 11.0 Å². The van der Waals surface area contributed by atoms with Gasteiger partial charge in [-0.05, 0) is 12.5 Å². The molecule has 0 saturated heterocycles. The highest BCUT2D eigenvalue weighted by Gasteiger charge is 2.02. The van der Waals surface area contributed by atoms with Crippen molar-refractivity contribution in [1.82, 2.24) is 29.9 Å². The summed E-state index contributed by atoms with van der Waals surface area (Å²) in [6.45, 7) is 4.85. The zero-order valence-electron chi connectivity index (χ0n) is 11.0. The lowest BCUT2D eigenvalue weighted by atomic mass is 10.3. The third-order valence-electron chi connectivity index (χ3n) is 2.72. The van der Waals surface area contributed by atoms with Crippen molar-refractivity contribution in [3.05, 3.63) is 30.1 Å². The number of hydrogen-bond donors (Lipinski definition) is 1. The van der Waals surface area contributed by atoms with Crippen LogP contribution in [-0.2, 0) is 26.6 Å². The van der Waals surface area contributed by atoms with Gasteiger partial charge >= 0.3 is 0 Å². The average molecular weight is 248 g/mol. The Bertz CT molecular complexity index is 472. The monoisotopic (exact) mass is 248 g/mol. The van der Waals surface area contributed by atoms with Gasteiger partial charge in [0.15, 0.2) is 5.82 Å². The van der Waals surface area contributed by atoms with Crippen molar-refractivity contribution in [2.45, 2.75) is 32.9 Å². The molecule has 2 heterocycles. The van der Waals surface area contributed by atoms with Crippen LogP contribution >= 0.6 is 0 Å². The molecule has 0 aliphatic rings. The Morgan fingerprint density at radius 2 is 2.28 bits per heavy atom. The van der Waals surface area contributed by atoms with Gasteiger partial charge in [0.05, 0.1) is 5.69 Å². The average Bonchev–Trinajstić information content (AvgIpc) is 2.95. The molecule has 2 aromatic heterocycles. The second kappa shape index (κ2) is 6.30. The first-order valence-electron chi connectivity index (χ1n) is 6.35. The van der Waals surface area contributed by atoms with Crippen molar-refractivity contribution in [3.8, 4) is 0 Å².